The summed E-state index contributed by atoms with van der Waals surface area (Å²) >= 11 is 6.22. The van der Waals surface area contributed by atoms with Crippen molar-refractivity contribution in [3.8, 4) is 22.3 Å². The number of anilines is 1. The Hall–Kier alpha value is -3.68. The monoisotopic (exact) mass is 488 g/mol. The fourth-order valence-electron chi connectivity index (χ4n) is 4.06. The fourth-order valence-corrected chi connectivity index (χ4v) is 4.22. The molecule has 7 nitrogen and oxygen atoms in total. The maximum atomic E-state index is 13.2. The number of hydrogen-bond donors (Lipinski definition) is 3. The van der Waals surface area contributed by atoms with E-state index in [1.807, 2.05) is 70.7 Å². The van der Waals surface area contributed by atoms with Gasteiger partial charge in [0.15, 0.2) is 0 Å². The van der Waals surface area contributed by atoms with Crippen molar-refractivity contribution >= 4 is 23.3 Å². The highest BCUT2D eigenvalue weighted by Gasteiger charge is 2.17. The highest BCUT2D eigenvalue weighted by atomic mass is 35.5. The van der Waals surface area contributed by atoms with Crippen molar-refractivity contribution < 1.29 is 4.79 Å². The number of carbonyl (C=O) groups is 1. The molecule has 0 spiro atoms. The Balaban J connectivity index is 1.72. The average molecular weight is 489 g/mol. The zero-order valence-electron chi connectivity index (χ0n) is 20.3. The van der Waals surface area contributed by atoms with E-state index >= 15 is 0 Å². The van der Waals surface area contributed by atoms with Crippen LogP contribution in [0.25, 0.3) is 22.3 Å². The van der Waals surface area contributed by atoms with Gasteiger partial charge in [0.1, 0.15) is 5.82 Å². The van der Waals surface area contributed by atoms with Gasteiger partial charge < -0.3 is 16.4 Å². The van der Waals surface area contributed by atoms with E-state index in [0.29, 0.717) is 22.9 Å². The number of hydrogen-bond acceptors (Lipinski definition) is 5. The van der Waals surface area contributed by atoms with Crippen LogP contribution in [-0.2, 0) is 13.6 Å². The number of rotatable bonds is 7. The van der Waals surface area contributed by atoms with E-state index in [9.17, 15) is 4.79 Å². The smallest absolute Gasteiger partial charge is 0.252 e. The number of nitrogens with zero attached hydrogens (tertiary/aromatic N) is 3. The predicted molar refractivity (Wildman–Crippen MR) is 141 cm³/mol. The van der Waals surface area contributed by atoms with E-state index in [2.05, 4.69) is 26.8 Å². The van der Waals surface area contributed by atoms with Crippen LogP contribution in [0.1, 0.15) is 40.0 Å². The zero-order valence-corrected chi connectivity index (χ0v) is 21.0. The minimum atomic E-state index is -0.265. The van der Waals surface area contributed by atoms with Crippen molar-refractivity contribution in [3.05, 3.63) is 88.3 Å². The molecule has 0 bridgehead atoms. The second kappa shape index (κ2) is 10.3. The standard InChI is InChI=1S/C27H29ClN6O/c1-16-5-6-18(12-30-3)7-24(16)27(35)33-17(2)19-8-20(22-13-32-34(4)15-22)10-21(9-19)25-11-23(28)14-31-26(25)29/h5-11,13-15,17,30H,12H2,1-4H3,(H2,29,31)(H,33,35). The molecule has 0 aliphatic rings. The van der Waals surface area contributed by atoms with Gasteiger partial charge in [0, 0.05) is 42.7 Å². The summed E-state index contributed by atoms with van der Waals surface area (Å²) in [6.45, 7) is 4.61. The molecule has 4 aromatic rings. The first-order valence-corrected chi connectivity index (χ1v) is 11.7. The number of aromatic nitrogens is 3. The van der Waals surface area contributed by atoms with Gasteiger partial charge >= 0.3 is 0 Å². The molecule has 0 saturated heterocycles. The number of pyridine rings is 1. The van der Waals surface area contributed by atoms with Gasteiger partial charge in [-0.1, -0.05) is 23.7 Å². The summed E-state index contributed by atoms with van der Waals surface area (Å²) in [5, 5.41) is 11.1. The lowest BCUT2D eigenvalue weighted by molar-refractivity contribution is 0.0939. The van der Waals surface area contributed by atoms with E-state index < -0.39 is 0 Å². The molecular formula is C27H29ClN6O. The van der Waals surface area contributed by atoms with E-state index in [0.717, 1.165) is 38.9 Å². The number of halogens is 1. The number of benzene rings is 2. The molecule has 2 aromatic heterocycles. The van der Waals surface area contributed by atoms with E-state index in [4.69, 9.17) is 17.3 Å². The molecule has 1 unspecified atom stereocenters. The first-order chi connectivity index (χ1) is 16.7. The Morgan fingerprint density at radius 3 is 2.60 bits per heavy atom. The van der Waals surface area contributed by atoms with Crippen LogP contribution in [0.15, 0.2) is 61.1 Å². The number of nitrogens with two attached hydrogens (primary N) is 1. The van der Waals surface area contributed by atoms with Crippen molar-refractivity contribution in [3.63, 3.8) is 0 Å². The van der Waals surface area contributed by atoms with E-state index in [1.165, 1.54) is 6.20 Å². The van der Waals surface area contributed by atoms with Gasteiger partial charge in [0.2, 0.25) is 0 Å². The third-order valence-electron chi connectivity index (χ3n) is 5.96. The second-order valence-electron chi connectivity index (χ2n) is 8.71. The number of carbonyl (C=O) groups excluding carboxylic acids is 1. The first kappa shape index (κ1) is 24.4. The van der Waals surface area contributed by atoms with Gasteiger partial charge in [-0.15, -0.1) is 0 Å². The molecule has 35 heavy (non-hydrogen) atoms. The molecule has 2 aromatic carbocycles. The molecular weight excluding hydrogens is 460 g/mol. The SMILES string of the molecule is CNCc1ccc(C)c(C(=O)NC(C)c2cc(-c3cnn(C)c3)cc(-c3cc(Cl)cnc3N)c2)c1. The van der Waals surface area contributed by atoms with Crippen molar-refractivity contribution in [1.29, 1.82) is 0 Å². The lowest BCUT2D eigenvalue weighted by atomic mass is 9.94. The minimum absolute atomic E-state index is 0.120. The highest BCUT2D eigenvalue weighted by Crippen LogP contribution is 2.33. The average Bonchev–Trinajstić information content (AvgIpc) is 3.28. The molecule has 0 fully saturated rings. The quantitative estimate of drug-likeness (QED) is 0.343. The molecule has 0 radical (unpaired) electrons. The number of amides is 1. The molecule has 1 amide bonds. The maximum absolute atomic E-state index is 13.2. The topological polar surface area (TPSA) is 97.9 Å². The lowest BCUT2D eigenvalue weighted by Crippen LogP contribution is -2.27. The van der Waals surface area contributed by atoms with E-state index in [1.54, 1.807) is 10.7 Å². The predicted octanol–water partition coefficient (Wildman–Crippen LogP) is 4.90. The molecule has 0 aliphatic carbocycles. The van der Waals surface area contributed by atoms with Crippen LogP contribution < -0.4 is 16.4 Å². The summed E-state index contributed by atoms with van der Waals surface area (Å²) < 4.78 is 1.75. The van der Waals surface area contributed by atoms with Crippen LogP contribution in [0.5, 0.6) is 0 Å². The number of nitrogens with one attached hydrogen (secondary N) is 2. The summed E-state index contributed by atoms with van der Waals surface area (Å²) in [7, 11) is 3.76. The molecule has 8 heteroatoms. The third-order valence-corrected chi connectivity index (χ3v) is 6.17. The minimum Gasteiger partial charge on any atom is -0.383 e. The van der Waals surface area contributed by atoms with Crippen LogP contribution in [0.2, 0.25) is 5.02 Å². The van der Waals surface area contributed by atoms with Gasteiger partial charge in [-0.25, -0.2) is 4.98 Å². The fraction of sp³-hybridized carbons (Fsp3) is 0.222. The van der Waals surface area contributed by atoms with Crippen LogP contribution >= 0.6 is 11.6 Å². The van der Waals surface area contributed by atoms with Crippen molar-refractivity contribution in [1.82, 2.24) is 25.4 Å². The molecule has 180 valence electrons. The Morgan fingerprint density at radius 2 is 1.89 bits per heavy atom. The molecule has 2 heterocycles. The highest BCUT2D eigenvalue weighted by molar-refractivity contribution is 6.30. The first-order valence-electron chi connectivity index (χ1n) is 11.4. The normalized spacial score (nSPS) is 11.9. The van der Waals surface area contributed by atoms with Crippen molar-refractivity contribution in [2.75, 3.05) is 12.8 Å². The van der Waals surface area contributed by atoms with E-state index in [-0.39, 0.29) is 11.9 Å². The van der Waals surface area contributed by atoms with Crippen molar-refractivity contribution in [2.24, 2.45) is 7.05 Å². The van der Waals surface area contributed by atoms with Crippen LogP contribution in [0.4, 0.5) is 5.82 Å². The van der Waals surface area contributed by atoms with Gasteiger partial charge in [-0.05, 0) is 79.0 Å². The van der Waals surface area contributed by atoms with Gasteiger partial charge in [0.25, 0.3) is 5.91 Å². The largest absolute Gasteiger partial charge is 0.383 e. The molecule has 0 aliphatic heterocycles. The Bertz CT molecular complexity index is 1380. The summed E-state index contributed by atoms with van der Waals surface area (Å²) in [4.78, 5) is 17.4. The van der Waals surface area contributed by atoms with Gasteiger partial charge in [0.05, 0.1) is 17.3 Å². The van der Waals surface area contributed by atoms with Crippen LogP contribution in [0.3, 0.4) is 0 Å². The molecule has 4 rings (SSSR count). The van der Waals surface area contributed by atoms with Gasteiger partial charge in [-0.3, -0.25) is 9.48 Å². The summed E-state index contributed by atoms with van der Waals surface area (Å²) in [6.07, 6.45) is 5.28. The van der Waals surface area contributed by atoms with Crippen LogP contribution in [-0.4, -0.2) is 27.7 Å². The van der Waals surface area contributed by atoms with Crippen molar-refractivity contribution in [2.45, 2.75) is 26.4 Å². The summed E-state index contributed by atoms with van der Waals surface area (Å²) in [5.41, 5.74) is 13.3. The summed E-state index contributed by atoms with van der Waals surface area (Å²) in [5.74, 6) is 0.266. The number of nitrogen functional groups attached to an aromatic ring is 1. The molecule has 1 atom stereocenters. The third kappa shape index (κ3) is 5.53. The van der Waals surface area contributed by atoms with Crippen LogP contribution in [0, 0.1) is 6.92 Å². The zero-order chi connectivity index (χ0) is 25.1. The number of aryl methyl sites for hydroxylation is 2. The Kier molecular flexibility index (Phi) is 7.19. The summed E-state index contributed by atoms with van der Waals surface area (Å²) in [6, 6.07) is 13.6. The Morgan fingerprint density at radius 1 is 1.11 bits per heavy atom. The lowest BCUT2D eigenvalue weighted by Gasteiger charge is -2.19. The molecule has 4 N–H and O–H groups in total. The maximum Gasteiger partial charge on any atom is 0.252 e. The Labute approximate surface area is 210 Å². The second-order valence-corrected chi connectivity index (χ2v) is 9.14. The van der Waals surface area contributed by atoms with Gasteiger partial charge in [-0.2, -0.15) is 5.10 Å². The molecule has 0 saturated carbocycles.